The largest absolute Gasteiger partial charge is 0.290 e. The molecule has 0 aliphatic heterocycles. The topological polar surface area (TPSA) is 75.9 Å². The van der Waals surface area contributed by atoms with Crippen LogP contribution < -0.4 is 0 Å². The van der Waals surface area contributed by atoms with Crippen LogP contribution in [0.25, 0.3) is 0 Å². The van der Waals surface area contributed by atoms with E-state index in [0.29, 0.717) is 16.8 Å². The standard InChI is InChI=1S/C23H22N2O3S/c1-16(2)20-15-22(26)17(3)14-21(20)24-23(18-10-6-4-7-11-18)25-29(27,28)19-12-8-5-9-13-19/h4-16H,1-3H3. The molecule has 1 aliphatic carbocycles. The van der Waals surface area contributed by atoms with Gasteiger partial charge in [-0.15, -0.1) is 4.40 Å². The molecule has 0 heterocycles. The number of benzene rings is 2. The van der Waals surface area contributed by atoms with Crippen molar-refractivity contribution >= 4 is 27.4 Å². The Kier molecular flexibility index (Phi) is 6.03. The Bertz CT molecular complexity index is 1140. The number of amidine groups is 1. The number of nitrogens with zero attached hydrogens (tertiary/aromatic N) is 2. The van der Waals surface area contributed by atoms with Gasteiger partial charge in [-0.1, -0.05) is 62.4 Å². The van der Waals surface area contributed by atoms with Crippen LogP contribution >= 0.6 is 0 Å². The zero-order valence-electron chi connectivity index (χ0n) is 16.5. The summed E-state index contributed by atoms with van der Waals surface area (Å²) in [6, 6.07) is 17.0. The summed E-state index contributed by atoms with van der Waals surface area (Å²) in [5.74, 6) is 0.0574. The number of allylic oxidation sites excluding steroid dienone is 4. The van der Waals surface area contributed by atoms with Crippen molar-refractivity contribution in [1.29, 1.82) is 0 Å². The van der Waals surface area contributed by atoms with Crippen molar-refractivity contribution in [2.75, 3.05) is 0 Å². The molecule has 5 nitrogen and oxygen atoms in total. The van der Waals surface area contributed by atoms with Crippen LogP contribution in [0.5, 0.6) is 0 Å². The number of sulfonamides is 1. The summed E-state index contributed by atoms with van der Waals surface area (Å²) in [7, 11) is -3.95. The number of ketones is 1. The van der Waals surface area contributed by atoms with E-state index < -0.39 is 10.0 Å². The molecule has 2 aromatic rings. The van der Waals surface area contributed by atoms with Gasteiger partial charge >= 0.3 is 0 Å². The van der Waals surface area contributed by atoms with Gasteiger partial charge in [-0.2, -0.15) is 8.42 Å². The van der Waals surface area contributed by atoms with Crippen molar-refractivity contribution in [1.82, 2.24) is 0 Å². The maximum Gasteiger partial charge on any atom is 0.284 e. The summed E-state index contributed by atoms with van der Waals surface area (Å²) in [5, 5.41) is 0. The monoisotopic (exact) mass is 406 g/mol. The van der Waals surface area contributed by atoms with E-state index in [1.165, 1.54) is 12.1 Å². The van der Waals surface area contributed by atoms with Crippen LogP contribution in [0.15, 0.2) is 98.2 Å². The Morgan fingerprint density at radius 2 is 1.48 bits per heavy atom. The molecule has 3 rings (SSSR count). The lowest BCUT2D eigenvalue weighted by atomic mass is 9.90. The van der Waals surface area contributed by atoms with Gasteiger partial charge in [0.05, 0.1) is 10.6 Å². The minimum Gasteiger partial charge on any atom is -0.290 e. The highest BCUT2D eigenvalue weighted by Gasteiger charge is 2.21. The van der Waals surface area contributed by atoms with Crippen molar-refractivity contribution in [3.63, 3.8) is 0 Å². The maximum atomic E-state index is 12.8. The molecule has 0 unspecified atom stereocenters. The lowest BCUT2D eigenvalue weighted by molar-refractivity contribution is -0.111. The van der Waals surface area contributed by atoms with Crippen molar-refractivity contribution in [2.45, 2.75) is 25.7 Å². The first-order chi connectivity index (χ1) is 13.8. The first kappa shape index (κ1) is 20.6. The highest BCUT2D eigenvalue weighted by Crippen LogP contribution is 2.21. The number of carbonyl (C=O) groups excluding carboxylic acids is 1. The lowest BCUT2D eigenvalue weighted by Crippen LogP contribution is -2.18. The Morgan fingerprint density at radius 1 is 0.897 bits per heavy atom. The molecule has 148 valence electrons. The second-order valence-electron chi connectivity index (χ2n) is 7.01. The molecule has 1 aliphatic rings. The van der Waals surface area contributed by atoms with Gasteiger partial charge < -0.3 is 0 Å². The molecule has 0 N–H and O–H groups in total. The Labute approximate surface area is 171 Å². The fourth-order valence-corrected chi connectivity index (χ4v) is 3.83. The van der Waals surface area contributed by atoms with Gasteiger partial charge in [0, 0.05) is 5.56 Å². The van der Waals surface area contributed by atoms with Crippen LogP contribution in [-0.2, 0) is 14.8 Å². The molecule has 29 heavy (non-hydrogen) atoms. The average Bonchev–Trinajstić information content (AvgIpc) is 2.71. The van der Waals surface area contributed by atoms with Crippen molar-refractivity contribution in [3.8, 4) is 0 Å². The Morgan fingerprint density at radius 3 is 2.07 bits per heavy atom. The quantitative estimate of drug-likeness (QED) is 0.430. The van der Waals surface area contributed by atoms with Crippen LogP contribution in [0, 0.1) is 5.92 Å². The molecule has 6 heteroatoms. The van der Waals surface area contributed by atoms with E-state index in [2.05, 4.69) is 9.39 Å². The van der Waals surface area contributed by atoms with E-state index in [0.717, 1.165) is 5.57 Å². The molecule has 0 atom stereocenters. The van der Waals surface area contributed by atoms with Crippen LogP contribution in [0.4, 0.5) is 0 Å². The third kappa shape index (κ3) is 4.84. The molecule has 2 aromatic carbocycles. The molecule has 0 saturated heterocycles. The summed E-state index contributed by atoms with van der Waals surface area (Å²) < 4.78 is 29.7. The van der Waals surface area contributed by atoms with Gasteiger partial charge in [0.2, 0.25) is 0 Å². The number of hydrogen-bond donors (Lipinski definition) is 0. The Hall–Kier alpha value is -3.12. The molecule has 0 radical (unpaired) electrons. The van der Waals surface area contributed by atoms with E-state index >= 15 is 0 Å². The highest BCUT2D eigenvalue weighted by atomic mass is 32.2. The molecule has 0 fully saturated rings. The van der Waals surface area contributed by atoms with Crippen LogP contribution in [0.3, 0.4) is 0 Å². The second kappa shape index (κ2) is 8.49. The summed E-state index contributed by atoms with van der Waals surface area (Å²) in [6.07, 6.45) is 3.25. The minimum atomic E-state index is -3.95. The first-order valence-electron chi connectivity index (χ1n) is 9.26. The lowest BCUT2D eigenvalue weighted by Gasteiger charge is -2.17. The molecule has 0 amide bonds. The van der Waals surface area contributed by atoms with E-state index in [1.807, 2.05) is 19.9 Å². The molecule has 0 aromatic heterocycles. The predicted molar refractivity (Wildman–Crippen MR) is 116 cm³/mol. The summed E-state index contributed by atoms with van der Waals surface area (Å²) in [5.41, 5.74) is 2.42. The van der Waals surface area contributed by atoms with Gasteiger partial charge in [-0.3, -0.25) is 4.79 Å². The number of hydrogen-bond acceptors (Lipinski definition) is 3. The SMILES string of the molecule is CC1=CC(=NC(=NS(=O)(=O)c2ccccc2)c2ccccc2)C(C(C)C)=CC1=O. The molecule has 0 bridgehead atoms. The minimum absolute atomic E-state index is 0.0461. The fraction of sp³-hybridized carbons (Fsp3) is 0.174. The van der Waals surface area contributed by atoms with Crippen LogP contribution in [-0.4, -0.2) is 25.7 Å². The molecular formula is C23H22N2O3S. The van der Waals surface area contributed by atoms with Crippen LogP contribution in [0.2, 0.25) is 0 Å². The third-order valence-corrected chi connectivity index (χ3v) is 5.73. The normalized spacial score (nSPS) is 16.8. The van der Waals surface area contributed by atoms with E-state index in [9.17, 15) is 13.2 Å². The predicted octanol–water partition coefficient (Wildman–Crippen LogP) is 4.37. The number of carbonyl (C=O) groups is 1. The molecule has 0 saturated carbocycles. The van der Waals surface area contributed by atoms with Gasteiger partial charge in [-0.05, 0) is 48.3 Å². The maximum absolute atomic E-state index is 12.8. The number of aliphatic imine (C=N–C) groups is 1. The highest BCUT2D eigenvalue weighted by molar-refractivity contribution is 7.90. The van der Waals surface area contributed by atoms with Gasteiger partial charge in [0.25, 0.3) is 10.0 Å². The fourth-order valence-electron chi connectivity index (χ4n) is 2.85. The second-order valence-corrected chi connectivity index (χ2v) is 8.62. The van der Waals surface area contributed by atoms with E-state index in [4.69, 9.17) is 0 Å². The zero-order valence-corrected chi connectivity index (χ0v) is 17.3. The van der Waals surface area contributed by atoms with Crippen LogP contribution in [0.1, 0.15) is 26.3 Å². The third-order valence-electron chi connectivity index (χ3n) is 4.45. The smallest absolute Gasteiger partial charge is 0.284 e. The summed E-state index contributed by atoms with van der Waals surface area (Å²) in [6.45, 7) is 5.64. The van der Waals surface area contributed by atoms with E-state index in [-0.39, 0.29) is 22.4 Å². The Balaban J connectivity index is 2.19. The van der Waals surface area contributed by atoms with Gasteiger partial charge in [0.1, 0.15) is 0 Å². The first-order valence-corrected chi connectivity index (χ1v) is 10.7. The summed E-state index contributed by atoms with van der Waals surface area (Å²) in [4.78, 5) is 16.8. The van der Waals surface area contributed by atoms with Gasteiger partial charge in [0.15, 0.2) is 11.6 Å². The van der Waals surface area contributed by atoms with Crippen molar-refractivity contribution in [2.24, 2.45) is 15.3 Å². The van der Waals surface area contributed by atoms with Crippen molar-refractivity contribution < 1.29 is 13.2 Å². The van der Waals surface area contributed by atoms with Crippen molar-refractivity contribution in [3.05, 3.63) is 89.5 Å². The van der Waals surface area contributed by atoms with E-state index in [1.54, 1.807) is 61.5 Å². The summed E-state index contributed by atoms with van der Waals surface area (Å²) >= 11 is 0. The number of rotatable bonds is 4. The zero-order chi connectivity index (χ0) is 21.0. The average molecular weight is 407 g/mol. The van der Waals surface area contributed by atoms with Gasteiger partial charge in [-0.25, -0.2) is 4.99 Å². The molecular weight excluding hydrogens is 384 g/mol. The molecule has 0 spiro atoms.